The Morgan fingerprint density at radius 3 is 1.05 bits per heavy atom. The summed E-state index contributed by atoms with van der Waals surface area (Å²) in [4.78, 5) is 0. The number of aliphatic hydroxyl groups excluding tert-OH is 2. The first-order valence-corrected chi connectivity index (χ1v) is 9.55. The third kappa shape index (κ3) is 22.2. The van der Waals surface area contributed by atoms with Gasteiger partial charge >= 0.3 is 0 Å². The molecular weight excluding hydrogens is 272 g/mol. The van der Waals surface area contributed by atoms with Gasteiger partial charge in [0, 0.05) is 13.2 Å². The highest BCUT2D eigenvalue weighted by Gasteiger charge is 2.02. The van der Waals surface area contributed by atoms with E-state index in [0.29, 0.717) is 25.0 Å². The fourth-order valence-electron chi connectivity index (χ4n) is 2.48. The lowest BCUT2D eigenvalue weighted by atomic mass is 9.98. The Hall–Kier alpha value is -0.0800. The molecule has 22 heavy (non-hydrogen) atoms. The highest BCUT2D eigenvalue weighted by atomic mass is 16.3. The topological polar surface area (TPSA) is 40.5 Å². The van der Waals surface area contributed by atoms with Crippen molar-refractivity contribution in [3.8, 4) is 0 Å². The molecule has 2 unspecified atom stereocenters. The van der Waals surface area contributed by atoms with Crippen LogP contribution in [0.5, 0.6) is 0 Å². The summed E-state index contributed by atoms with van der Waals surface area (Å²) in [6.07, 6.45) is 9.79. The maximum absolute atomic E-state index is 8.65. The zero-order valence-electron chi connectivity index (χ0n) is 16.3. The van der Waals surface area contributed by atoms with Gasteiger partial charge < -0.3 is 10.2 Å². The Labute approximate surface area is 140 Å². The van der Waals surface area contributed by atoms with Crippen molar-refractivity contribution in [1.29, 1.82) is 0 Å². The largest absolute Gasteiger partial charge is 0.396 e. The van der Waals surface area contributed by atoms with Crippen LogP contribution in [0.3, 0.4) is 0 Å². The van der Waals surface area contributed by atoms with Crippen molar-refractivity contribution >= 4 is 0 Å². The zero-order valence-corrected chi connectivity index (χ0v) is 16.3. The van der Waals surface area contributed by atoms with Crippen molar-refractivity contribution in [3.63, 3.8) is 0 Å². The van der Waals surface area contributed by atoms with Gasteiger partial charge in [-0.3, -0.25) is 0 Å². The second-order valence-corrected chi connectivity index (χ2v) is 7.88. The van der Waals surface area contributed by atoms with E-state index in [1.807, 2.05) is 0 Å². The number of aliphatic hydroxyl groups is 2. The molecule has 2 nitrogen and oxygen atoms in total. The van der Waals surface area contributed by atoms with Gasteiger partial charge in [0.25, 0.3) is 0 Å². The van der Waals surface area contributed by atoms with Gasteiger partial charge in [0.15, 0.2) is 0 Å². The Morgan fingerprint density at radius 1 is 0.500 bits per heavy atom. The minimum absolute atomic E-state index is 0.350. The van der Waals surface area contributed by atoms with E-state index in [-0.39, 0.29) is 0 Å². The molecule has 0 saturated heterocycles. The summed E-state index contributed by atoms with van der Waals surface area (Å²) in [7, 11) is 0. The van der Waals surface area contributed by atoms with Crippen LogP contribution in [0.4, 0.5) is 0 Å². The van der Waals surface area contributed by atoms with Crippen molar-refractivity contribution in [2.75, 3.05) is 13.2 Å². The Morgan fingerprint density at radius 2 is 0.818 bits per heavy atom. The molecule has 0 aliphatic rings. The van der Waals surface area contributed by atoms with E-state index < -0.39 is 0 Å². The summed E-state index contributed by atoms with van der Waals surface area (Å²) in [5.41, 5.74) is 0. The predicted molar refractivity (Wildman–Crippen MR) is 99.1 cm³/mol. The molecule has 2 atom stereocenters. The summed E-state index contributed by atoms with van der Waals surface area (Å²) in [5.74, 6) is 3.07. The molecule has 0 saturated carbocycles. The van der Waals surface area contributed by atoms with Gasteiger partial charge in [-0.05, 0) is 36.5 Å². The van der Waals surface area contributed by atoms with Gasteiger partial charge in [0.05, 0.1) is 0 Å². The number of rotatable bonds is 12. The molecule has 0 fully saturated rings. The molecule has 0 amide bonds. The monoisotopic (exact) mass is 316 g/mol. The maximum Gasteiger partial charge on any atom is 0.0433 e. The minimum atomic E-state index is 0.350. The van der Waals surface area contributed by atoms with Crippen molar-refractivity contribution in [3.05, 3.63) is 0 Å². The van der Waals surface area contributed by atoms with E-state index >= 15 is 0 Å². The quantitative estimate of drug-likeness (QED) is 0.487. The molecule has 0 aromatic heterocycles. The standard InChI is InChI=1S/2C10H22O/c2*1-9(2)5-4-6-10(3)7-8-11/h2*9-11H,4-8H2,1-3H3. The molecule has 0 spiro atoms. The fraction of sp³-hybridized carbons (Fsp3) is 1.00. The van der Waals surface area contributed by atoms with E-state index in [1.165, 1.54) is 38.5 Å². The van der Waals surface area contributed by atoms with Crippen LogP contribution in [0.25, 0.3) is 0 Å². The molecule has 0 heterocycles. The Bertz CT molecular complexity index is 180. The Kier molecular flexibility index (Phi) is 19.0. The second-order valence-electron chi connectivity index (χ2n) is 7.88. The molecule has 2 heteroatoms. The molecule has 0 rings (SSSR count). The second kappa shape index (κ2) is 17.3. The van der Waals surface area contributed by atoms with E-state index in [1.54, 1.807) is 0 Å². The first-order chi connectivity index (χ1) is 10.3. The Balaban J connectivity index is 0. The third-order valence-electron chi connectivity index (χ3n) is 4.20. The van der Waals surface area contributed by atoms with E-state index in [9.17, 15) is 0 Å². The first-order valence-electron chi connectivity index (χ1n) is 9.55. The molecule has 0 aromatic carbocycles. The lowest BCUT2D eigenvalue weighted by Gasteiger charge is -2.09. The van der Waals surface area contributed by atoms with Crippen LogP contribution in [0.2, 0.25) is 0 Å². The smallest absolute Gasteiger partial charge is 0.0433 e. The van der Waals surface area contributed by atoms with Crippen molar-refractivity contribution in [2.24, 2.45) is 23.7 Å². The van der Waals surface area contributed by atoms with Gasteiger partial charge in [0.1, 0.15) is 0 Å². The summed E-state index contributed by atoms with van der Waals surface area (Å²) in [5, 5.41) is 17.3. The van der Waals surface area contributed by atoms with Gasteiger partial charge in [-0.15, -0.1) is 0 Å². The van der Waals surface area contributed by atoms with Gasteiger partial charge in [-0.2, -0.15) is 0 Å². The first kappa shape index (κ1) is 24.2. The van der Waals surface area contributed by atoms with E-state index in [4.69, 9.17) is 10.2 Å². The third-order valence-corrected chi connectivity index (χ3v) is 4.20. The molecule has 0 bridgehead atoms. The number of hydrogen-bond acceptors (Lipinski definition) is 2. The zero-order chi connectivity index (χ0) is 17.4. The summed E-state index contributed by atoms with van der Waals surface area (Å²) in [6, 6.07) is 0. The molecule has 0 radical (unpaired) electrons. The highest BCUT2D eigenvalue weighted by Crippen LogP contribution is 2.15. The highest BCUT2D eigenvalue weighted by molar-refractivity contribution is 4.55. The van der Waals surface area contributed by atoms with E-state index in [0.717, 1.165) is 24.7 Å². The maximum atomic E-state index is 8.65. The molecule has 0 aliphatic carbocycles. The average Bonchev–Trinajstić information content (AvgIpc) is 2.39. The van der Waals surface area contributed by atoms with Gasteiger partial charge in [-0.1, -0.05) is 80.1 Å². The summed E-state index contributed by atoms with van der Waals surface area (Å²) < 4.78 is 0. The SMILES string of the molecule is CC(C)CCCC(C)CCO.CC(C)CCCC(C)CCO. The normalized spacial score (nSPS) is 13.9. The summed E-state index contributed by atoms with van der Waals surface area (Å²) in [6.45, 7) is 14.2. The van der Waals surface area contributed by atoms with Crippen LogP contribution < -0.4 is 0 Å². The average molecular weight is 317 g/mol. The molecule has 0 aromatic rings. The van der Waals surface area contributed by atoms with Gasteiger partial charge in [0.2, 0.25) is 0 Å². The van der Waals surface area contributed by atoms with Crippen molar-refractivity contribution in [1.82, 2.24) is 0 Å². The molecule has 0 aliphatic heterocycles. The van der Waals surface area contributed by atoms with Gasteiger partial charge in [-0.25, -0.2) is 0 Å². The van der Waals surface area contributed by atoms with Crippen LogP contribution in [-0.4, -0.2) is 23.4 Å². The molecule has 2 N–H and O–H groups in total. The summed E-state index contributed by atoms with van der Waals surface area (Å²) >= 11 is 0. The van der Waals surface area contributed by atoms with E-state index in [2.05, 4.69) is 41.5 Å². The lowest BCUT2D eigenvalue weighted by Crippen LogP contribution is -1.98. The minimum Gasteiger partial charge on any atom is -0.396 e. The molecule has 136 valence electrons. The predicted octanol–water partition coefficient (Wildman–Crippen LogP) is 5.66. The van der Waals surface area contributed by atoms with Crippen LogP contribution >= 0.6 is 0 Å². The van der Waals surface area contributed by atoms with Crippen LogP contribution in [0, 0.1) is 23.7 Å². The van der Waals surface area contributed by atoms with Crippen LogP contribution in [0.15, 0.2) is 0 Å². The van der Waals surface area contributed by atoms with Crippen molar-refractivity contribution < 1.29 is 10.2 Å². The lowest BCUT2D eigenvalue weighted by molar-refractivity contribution is 0.255. The van der Waals surface area contributed by atoms with Crippen molar-refractivity contribution in [2.45, 2.75) is 92.9 Å². The van der Waals surface area contributed by atoms with Crippen LogP contribution in [-0.2, 0) is 0 Å². The van der Waals surface area contributed by atoms with Crippen LogP contribution in [0.1, 0.15) is 92.9 Å². The number of hydrogen-bond donors (Lipinski definition) is 2. The molecular formula is C20H44O2. The fourth-order valence-corrected chi connectivity index (χ4v) is 2.48.